The van der Waals surface area contributed by atoms with Gasteiger partial charge >= 0.3 is 0 Å². The topological polar surface area (TPSA) is 4.93 Å². The number of hydrogen-bond acceptors (Lipinski definition) is 0. The van der Waals surface area contributed by atoms with Gasteiger partial charge in [-0.05, 0) is 45.1 Å². The summed E-state index contributed by atoms with van der Waals surface area (Å²) in [6.07, 6.45) is 2.03. The molecule has 1 aromatic heterocycles. The molecule has 3 rings (SSSR count). The molecule has 0 aliphatic rings. The van der Waals surface area contributed by atoms with Gasteiger partial charge in [0.15, 0.2) is 0 Å². The van der Waals surface area contributed by atoms with Crippen LogP contribution in [0.1, 0.15) is 5.56 Å². The van der Waals surface area contributed by atoms with E-state index in [1.54, 1.807) is 6.07 Å². The maximum atomic E-state index is 13.5. The van der Waals surface area contributed by atoms with Crippen molar-refractivity contribution in [1.29, 1.82) is 0 Å². The largest absolute Gasteiger partial charge is 0.343 e. The minimum Gasteiger partial charge on any atom is -0.343 e. The van der Waals surface area contributed by atoms with Crippen molar-refractivity contribution in [2.24, 2.45) is 0 Å². The molecule has 0 bridgehead atoms. The number of hydrogen-bond donors (Lipinski definition) is 0. The Morgan fingerprint density at radius 2 is 1.83 bits per heavy atom. The average molecular weight is 304 g/mol. The van der Waals surface area contributed by atoms with Crippen LogP contribution < -0.4 is 0 Å². The van der Waals surface area contributed by atoms with Gasteiger partial charge in [-0.25, -0.2) is 4.39 Å². The summed E-state index contributed by atoms with van der Waals surface area (Å²) in [5, 5.41) is 1.20. The molecule has 3 aromatic rings. The highest BCUT2D eigenvalue weighted by molar-refractivity contribution is 9.10. The van der Waals surface area contributed by atoms with Crippen molar-refractivity contribution in [2.75, 3.05) is 0 Å². The Labute approximate surface area is 113 Å². The van der Waals surface area contributed by atoms with Crippen LogP contribution in [0, 0.1) is 5.82 Å². The monoisotopic (exact) mass is 303 g/mol. The second-order valence-electron chi connectivity index (χ2n) is 4.22. The molecule has 0 aliphatic carbocycles. The van der Waals surface area contributed by atoms with Crippen molar-refractivity contribution < 1.29 is 4.39 Å². The van der Waals surface area contributed by atoms with Crippen molar-refractivity contribution in [3.05, 3.63) is 70.6 Å². The molecule has 1 nitrogen and oxygen atoms in total. The van der Waals surface area contributed by atoms with Gasteiger partial charge in [-0.2, -0.15) is 0 Å². The van der Waals surface area contributed by atoms with Crippen molar-refractivity contribution in [3.8, 4) is 0 Å². The highest BCUT2D eigenvalue weighted by Gasteiger charge is 2.07. The van der Waals surface area contributed by atoms with Gasteiger partial charge in [-0.1, -0.05) is 30.3 Å². The van der Waals surface area contributed by atoms with E-state index in [0.717, 1.165) is 11.1 Å². The van der Waals surface area contributed by atoms with Crippen LogP contribution in [0.4, 0.5) is 4.39 Å². The molecule has 0 fully saturated rings. The number of fused-ring (bicyclic) bond motifs is 1. The molecular formula is C15H11BrFN. The molecule has 0 saturated heterocycles. The zero-order chi connectivity index (χ0) is 12.5. The Morgan fingerprint density at radius 3 is 2.72 bits per heavy atom. The van der Waals surface area contributed by atoms with Crippen LogP contribution in [0.25, 0.3) is 10.9 Å². The fraction of sp³-hybridized carbons (Fsp3) is 0.0667. The van der Waals surface area contributed by atoms with Crippen LogP contribution in [-0.2, 0) is 6.54 Å². The molecule has 1 heterocycles. The van der Waals surface area contributed by atoms with E-state index in [4.69, 9.17) is 0 Å². The van der Waals surface area contributed by atoms with Gasteiger partial charge in [-0.3, -0.25) is 0 Å². The predicted molar refractivity (Wildman–Crippen MR) is 75.1 cm³/mol. The summed E-state index contributed by atoms with van der Waals surface area (Å²) >= 11 is 3.30. The molecule has 0 unspecified atom stereocenters. The Bertz CT molecular complexity index is 703. The Hall–Kier alpha value is -1.61. The Kier molecular flexibility index (Phi) is 2.92. The maximum absolute atomic E-state index is 13.5. The van der Waals surface area contributed by atoms with Crippen molar-refractivity contribution >= 4 is 26.8 Å². The van der Waals surface area contributed by atoms with Gasteiger partial charge in [0.05, 0.1) is 4.47 Å². The summed E-state index contributed by atoms with van der Waals surface area (Å²) in [4.78, 5) is 0. The molecule has 0 saturated carbocycles. The van der Waals surface area contributed by atoms with Gasteiger partial charge in [-0.15, -0.1) is 0 Å². The van der Waals surface area contributed by atoms with E-state index in [1.165, 1.54) is 11.5 Å². The third-order valence-corrected chi connectivity index (χ3v) is 3.94. The molecule has 0 spiro atoms. The van der Waals surface area contributed by atoms with Gasteiger partial charge in [0.25, 0.3) is 0 Å². The number of benzene rings is 2. The van der Waals surface area contributed by atoms with E-state index in [0.29, 0.717) is 11.0 Å². The molecule has 18 heavy (non-hydrogen) atoms. The van der Waals surface area contributed by atoms with E-state index >= 15 is 0 Å². The van der Waals surface area contributed by atoms with Crippen LogP contribution in [0.15, 0.2) is 59.2 Å². The zero-order valence-electron chi connectivity index (χ0n) is 9.61. The SMILES string of the molecule is Fc1cccc(Cn2ccc3ccccc32)c1Br. The van der Waals surface area contributed by atoms with Crippen LogP contribution in [0.3, 0.4) is 0 Å². The molecule has 2 aromatic carbocycles. The standard InChI is InChI=1S/C15H11BrFN/c16-15-12(5-3-6-13(15)17)10-18-9-8-11-4-1-2-7-14(11)18/h1-9H,10H2. The van der Waals surface area contributed by atoms with E-state index < -0.39 is 0 Å². The molecule has 0 aliphatic heterocycles. The third kappa shape index (κ3) is 1.95. The number of rotatable bonds is 2. The number of para-hydroxylation sites is 1. The first-order valence-corrected chi connectivity index (χ1v) is 6.52. The molecule has 0 amide bonds. The average Bonchev–Trinajstić information content (AvgIpc) is 2.79. The summed E-state index contributed by atoms with van der Waals surface area (Å²) in [6.45, 7) is 0.659. The van der Waals surface area contributed by atoms with Gasteiger partial charge < -0.3 is 4.57 Å². The molecule has 0 atom stereocenters. The summed E-state index contributed by atoms with van der Waals surface area (Å²) in [6, 6.07) is 15.4. The highest BCUT2D eigenvalue weighted by Crippen LogP contribution is 2.23. The normalized spacial score (nSPS) is 11.0. The predicted octanol–water partition coefficient (Wildman–Crippen LogP) is 4.59. The fourth-order valence-electron chi connectivity index (χ4n) is 2.13. The van der Waals surface area contributed by atoms with E-state index in [9.17, 15) is 4.39 Å². The summed E-state index contributed by atoms with van der Waals surface area (Å²) in [5.41, 5.74) is 2.10. The Morgan fingerprint density at radius 1 is 1.00 bits per heavy atom. The van der Waals surface area contributed by atoms with E-state index in [2.05, 4.69) is 38.7 Å². The molecule has 0 N–H and O–H groups in total. The van der Waals surface area contributed by atoms with Crippen molar-refractivity contribution in [2.45, 2.75) is 6.54 Å². The maximum Gasteiger partial charge on any atom is 0.137 e. The quantitative estimate of drug-likeness (QED) is 0.652. The highest BCUT2D eigenvalue weighted by atomic mass is 79.9. The number of nitrogens with zero attached hydrogens (tertiary/aromatic N) is 1. The number of aromatic nitrogens is 1. The Balaban J connectivity index is 2.04. The molecular weight excluding hydrogens is 293 g/mol. The fourth-order valence-corrected chi connectivity index (χ4v) is 2.52. The van der Waals surface area contributed by atoms with Gasteiger partial charge in [0.2, 0.25) is 0 Å². The summed E-state index contributed by atoms with van der Waals surface area (Å²) in [5.74, 6) is -0.219. The molecule has 3 heteroatoms. The lowest BCUT2D eigenvalue weighted by Crippen LogP contribution is -1.99. The first-order chi connectivity index (χ1) is 8.75. The zero-order valence-corrected chi connectivity index (χ0v) is 11.2. The smallest absolute Gasteiger partial charge is 0.137 e. The third-order valence-electron chi connectivity index (χ3n) is 3.05. The lowest BCUT2D eigenvalue weighted by Gasteiger charge is -2.08. The summed E-state index contributed by atoms with van der Waals surface area (Å²) in [7, 11) is 0. The number of halogens is 2. The summed E-state index contributed by atoms with van der Waals surface area (Å²) < 4.78 is 16.1. The second kappa shape index (κ2) is 4.58. The van der Waals surface area contributed by atoms with Crippen LogP contribution in [0.5, 0.6) is 0 Å². The van der Waals surface area contributed by atoms with Crippen LogP contribution in [0.2, 0.25) is 0 Å². The van der Waals surface area contributed by atoms with E-state index in [-0.39, 0.29) is 5.82 Å². The lowest BCUT2D eigenvalue weighted by atomic mass is 10.2. The van der Waals surface area contributed by atoms with Gasteiger partial charge in [0, 0.05) is 18.3 Å². The lowest BCUT2D eigenvalue weighted by molar-refractivity contribution is 0.616. The van der Waals surface area contributed by atoms with Crippen molar-refractivity contribution in [3.63, 3.8) is 0 Å². The molecule has 0 radical (unpaired) electrons. The minimum absolute atomic E-state index is 0.219. The molecule has 90 valence electrons. The van der Waals surface area contributed by atoms with Crippen LogP contribution >= 0.6 is 15.9 Å². The van der Waals surface area contributed by atoms with Crippen molar-refractivity contribution in [1.82, 2.24) is 4.57 Å². The second-order valence-corrected chi connectivity index (χ2v) is 5.01. The van der Waals surface area contributed by atoms with E-state index in [1.807, 2.05) is 24.4 Å². The van der Waals surface area contributed by atoms with Crippen LogP contribution in [-0.4, -0.2) is 4.57 Å². The first kappa shape index (κ1) is 11.5. The first-order valence-electron chi connectivity index (χ1n) is 5.72. The van der Waals surface area contributed by atoms with Gasteiger partial charge in [0.1, 0.15) is 5.82 Å². The minimum atomic E-state index is -0.219.